The van der Waals surface area contributed by atoms with Crippen LogP contribution in [0.15, 0.2) is 47.4 Å². The number of aryl methyl sites for hydroxylation is 1. The highest BCUT2D eigenvalue weighted by Crippen LogP contribution is 2.42. The Morgan fingerprint density at radius 2 is 1.68 bits per heavy atom. The molecule has 1 aromatic heterocycles. The third-order valence-electron chi connectivity index (χ3n) is 5.90. The number of hydrogen-bond acceptors (Lipinski definition) is 2. The number of aromatic amines is 1. The summed E-state index contributed by atoms with van der Waals surface area (Å²) in [6.07, 6.45) is 9.03. The van der Waals surface area contributed by atoms with Crippen LogP contribution in [0.3, 0.4) is 0 Å². The summed E-state index contributed by atoms with van der Waals surface area (Å²) < 4.78 is 2.48. The summed E-state index contributed by atoms with van der Waals surface area (Å²) in [6.45, 7) is 10.3. The lowest BCUT2D eigenvalue weighted by Crippen LogP contribution is -2.34. The second-order valence-electron chi connectivity index (χ2n) is 8.74. The predicted octanol–water partition coefficient (Wildman–Crippen LogP) is 6.50. The molecule has 0 radical (unpaired) electrons. The summed E-state index contributed by atoms with van der Waals surface area (Å²) in [4.78, 5) is 13.9. The Bertz CT molecular complexity index is 822. The van der Waals surface area contributed by atoms with Crippen molar-refractivity contribution < 1.29 is 0 Å². The molecule has 2 rings (SSSR count). The Hall–Kier alpha value is -1.68. The molecule has 4 heteroatoms. The highest BCUT2D eigenvalue weighted by Gasteiger charge is 2.35. The number of hydrogen-bond donors (Lipinski definition) is 1. The average molecular weight is 401 g/mol. The third kappa shape index (κ3) is 6.16. The van der Waals surface area contributed by atoms with Crippen LogP contribution in [0.25, 0.3) is 0 Å². The number of H-pyrrole nitrogens is 1. The summed E-state index contributed by atoms with van der Waals surface area (Å²) >= 11 is 5.22. The van der Waals surface area contributed by atoms with Gasteiger partial charge in [0, 0.05) is 18.8 Å². The number of unbranched alkanes of at least 4 members (excludes halogenated alkanes) is 3. The Balaban J connectivity index is 1.92. The molecule has 0 aliphatic carbocycles. The van der Waals surface area contributed by atoms with Gasteiger partial charge in [-0.3, -0.25) is 9.78 Å². The average Bonchev–Trinajstić information content (AvgIpc) is 2.65. The standard InChI is InChI=1S/C24H36N2OS/c1-19(2)18-24(20(3)4,21-12-8-7-9-13-21)15-10-5-6-11-16-26-17-14-22(27)25-23(26)28/h7-9,12-14,17,19-20H,5-6,10-11,15-16,18H2,1-4H3,(H,25,27,28). The molecule has 0 bridgehead atoms. The molecule has 0 fully saturated rings. The maximum absolute atomic E-state index is 11.3. The Labute approximate surface area is 175 Å². The fourth-order valence-electron chi connectivity index (χ4n) is 4.42. The van der Waals surface area contributed by atoms with Gasteiger partial charge in [-0.25, -0.2) is 0 Å². The molecule has 0 spiro atoms. The first-order chi connectivity index (χ1) is 13.3. The van der Waals surface area contributed by atoms with Crippen molar-refractivity contribution in [3.63, 3.8) is 0 Å². The van der Waals surface area contributed by atoms with Crippen molar-refractivity contribution in [2.75, 3.05) is 0 Å². The van der Waals surface area contributed by atoms with E-state index in [-0.39, 0.29) is 11.0 Å². The summed E-state index contributed by atoms with van der Waals surface area (Å²) in [6, 6.07) is 12.7. The predicted molar refractivity (Wildman–Crippen MR) is 121 cm³/mol. The minimum atomic E-state index is -0.127. The quantitative estimate of drug-likeness (QED) is 0.345. The lowest BCUT2D eigenvalue weighted by Gasteiger charge is -2.40. The highest BCUT2D eigenvalue weighted by atomic mass is 32.1. The van der Waals surface area contributed by atoms with Gasteiger partial charge < -0.3 is 4.57 Å². The van der Waals surface area contributed by atoms with E-state index in [1.807, 2.05) is 4.57 Å². The van der Waals surface area contributed by atoms with Crippen LogP contribution in [-0.4, -0.2) is 9.55 Å². The minimum Gasteiger partial charge on any atom is -0.325 e. The van der Waals surface area contributed by atoms with Crippen LogP contribution in [0.1, 0.15) is 71.8 Å². The second-order valence-corrected chi connectivity index (χ2v) is 9.13. The second kappa shape index (κ2) is 10.8. The van der Waals surface area contributed by atoms with E-state index in [0.29, 0.717) is 16.6 Å². The summed E-state index contributed by atoms with van der Waals surface area (Å²) in [7, 11) is 0. The van der Waals surface area contributed by atoms with E-state index >= 15 is 0 Å². The van der Waals surface area contributed by atoms with Crippen molar-refractivity contribution in [2.24, 2.45) is 11.8 Å². The van der Waals surface area contributed by atoms with Crippen molar-refractivity contribution >= 4 is 12.2 Å². The molecule has 2 aromatic rings. The Kier molecular flexibility index (Phi) is 8.68. The number of rotatable bonds is 11. The molecule has 0 saturated carbocycles. The Morgan fingerprint density at radius 3 is 2.29 bits per heavy atom. The molecule has 0 aliphatic rings. The number of benzene rings is 1. The van der Waals surface area contributed by atoms with E-state index < -0.39 is 0 Å². The van der Waals surface area contributed by atoms with E-state index in [4.69, 9.17) is 12.2 Å². The van der Waals surface area contributed by atoms with E-state index in [0.717, 1.165) is 13.0 Å². The fraction of sp³-hybridized carbons (Fsp3) is 0.583. The van der Waals surface area contributed by atoms with Crippen LogP contribution in [-0.2, 0) is 12.0 Å². The minimum absolute atomic E-state index is 0.127. The van der Waals surface area contributed by atoms with Gasteiger partial charge in [0.2, 0.25) is 0 Å². The molecule has 0 amide bonds. The highest BCUT2D eigenvalue weighted by molar-refractivity contribution is 7.71. The van der Waals surface area contributed by atoms with Crippen molar-refractivity contribution in [3.05, 3.63) is 63.3 Å². The normalized spacial score (nSPS) is 13.8. The van der Waals surface area contributed by atoms with Crippen LogP contribution >= 0.6 is 12.2 Å². The SMILES string of the molecule is CC(C)CC(CCCCCCn1ccc(=O)[nH]c1=S)(c1ccccc1)C(C)C. The van der Waals surface area contributed by atoms with Gasteiger partial charge in [0.25, 0.3) is 5.56 Å². The molecule has 3 nitrogen and oxygen atoms in total. The summed E-state index contributed by atoms with van der Waals surface area (Å²) in [5.41, 5.74) is 1.63. The molecule has 1 aromatic carbocycles. The molecule has 1 atom stereocenters. The molecular weight excluding hydrogens is 364 g/mol. The molecule has 0 saturated heterocycles. The first-order valence-corrected chi connectivity index (χ1v) is 11.1. The topological polar surface area (TPSA) is 37.8 Å². The molecular formula is C24H36N2OS. The van der Waals surface area contributed by atoms with Crippen LogP contribution in [0, 0.1) is 16.6 Å². The number of nitrogens with one attached hydrogen (secondary N) is 1. The van der Waals surface area contributed by atoms with Gasteiger partial charge in [-0.05, 0) is 54.3 Å². The van der Waals surface area contributed by atoms with E-state index in [2.05, 4.69) is 63.0 Å². The largest absolute Gasteiger partial charge is 0.325 e. The number of aromatic nitrogens is 2. The van der Waals surface area contributed by atoms with E-state index in [1.165, 1.54) is 37.7 Å². The van der Waals surface area contributed by atoms with Crippen LogP contribution in [0.5, 0.6) is 0 Å². The van der Waals surface area contributed by atoms with Crippen molar-refractivity contribution in [1.29, 1.82) is 0 Å². The fourth-order valence-corrected chi connectivity index (χ4v) is 4.67. The zero-order valence-electron chi connectivity index (χ0n) is 17.9. The van der Waals surface area contributed by atoms with Gasteiger partial charge in [0.05, 0.1) is 0 Å². The van der Waals surface area contributed by atoms with Crippen molar-refractivity contribution in [3.8, 4) is 0 Å². The summed E-state index contributed by atoms with van der Waals surface area (Å²) in [5, 5.41) is 0. The van der Waals surface area contributed by atoms with E-state index in [1.54, 1.807) is 12.3 Å². The third-order valence-corrected chi connectivity index (χ3v) is 6.23. The monoisotopic (exact) mass is 400 g/mol. The van der Waals surface area contributed by atoms with Gasteiger partial charge in [-0.2, -0.15) is 0 Å². The smallest absolute Gasteiger partial charge is 0.251 e. The zero-order valence-corrected chi connectivity index (χ0v) is 18.7. The zero-order chi connectivity index (χ0) is 20.6. The molecule has 1 unspecified atom stereocenters. The maximum atomic E-state index is 11.3. The van der Waals surface area contributed by atoms with Gasteiger partial charge in [0.1, 0.15) is 0 Å². The van der Waals surface area contributed by atoms with Gasteiger partial charge >= 0.3 is 0 Å². The van der Waals surface area contributed by atoms with Gasteiger partial charge in [0.15, 0.2) is 4.77 Å². The molecule has 154 valence electrons. The molecule has 1 heterocycles. The first-order valence-electron chi connectivity index (χ1n) is 10.7. The lowest BCUT2D eigenvalue weighted by molar-refractivity contribution is 0.225. The maximum Gasteiger partial charge on any atom is 0.251 e. The molecule has 28 heavy (non-hydrogen) atoms. The van der Waals surface area contributed by atoms with Crippen LogP contribution < -0.4 is 5.56 Å². The van der Waals surface area contributed by atoms with E-state index in [9.17, 15) is 4.79 Å². The Morgan fingerprint density at radius 1 is 1.00 bits per heavy atom. The lowest BCUT2D eigenvalue weighted by atomic mass is 9.64. The summed E-state index contributed by atoms with van der Waals surface area (Å²) in [5.74, 6) is 1.31. The first kappa shape index (κ1) is 22.6. The van der Waals surface area contributed by atoms with Crippen LogP contribution in [0.2, 0.25) is 0 Å². The number of nitrogens with zero attached hydrogens (tertiary/aromatic N) is 1. The van der Waals surface area contributed by atoms with Crippen LogP contribution in [0.4, 0.5) is 0 Å². The van der Waals surface area contributed by atoms with Gasteiger partial charge in [-0.1, -0.05) is 77.3 Å². The van der Waals surface area contributed by atoms with Gasteiger partial charge in [-0.15, -0.1) is 0 Å². The molecule has 1 N–H and O–H groups in total. The molecule has 0 aliphatic heterocycles. The van der Waals surface area contributed by atoms with Crippen molar-refractivity contribution in [2.45, 2.75) is 78.2 Å². The van der Waals surface area contributed by atoms with Crippen molar-refractivity contribution in [1.82, 2.24) is 9.55 Å².